The van der Waals surface area contributed by atoms with Gasteiger partial charge in [0.2, 0.25) is 0 Å². The van der Waals surface area contributed by atoms with E-state index in [2.05, 4.69) is 15.0 Å². The maximum Gasteiger partial charge on any atom is 0.411 e. The van der Waals surface area contributed by atoms with Crippen molar-refractivity contribution in [3.05, 3.63) is 12.7 Å². The number of hydrogen-bond acceptors (Lipinski definition) is 12. The van der Waals surface area contributed by atoms with Crippen molar-refractivity contribution >= 4 is 40.8 Å². The summed E-state index contributed by atoms with van der Waals surface area (Å²) >= 11 is 1.62. The molecule has 208 valence electrons. The molecule has 0 aromatic carbocycles. The van der Waals surface area contributed by atoms with Gasteiger partial charge in [-0.05, 0) is 41.0 Å². The first kappa shape index (κ1) is 26.9. The number of imidazole rings is 1. The fraction of sp³-hybridized carbons (Fsp3) is 0.708. The van der Waals surface area contributed by atoms with Crippen LogP contribution in [0.3, 0.4) is 0 Å². The number of nitrogens with zero attached hydrogens (tertiary/aromatic N) is 5. The Hall–Kier alpha value is -2.68. The molecule has 3 aliphatic heterocycles. The molecule has 3 fully saturated rings. The lowest BCUT2D eigenvalue weighted by Crippen LogP contribution is -2.43. The molecule has 0 spiro atoms. The van der Waals surface area contributed by atoms with Crippen molar-refractivity contribution in [1.82, 2.24) is 24.4 Å². The Labute approximate surface area is 224 Å². The summed E-state index contributed by atoms with van der Waals surface area (Å²) in [6.07, 6.45) is 1.35. The molecule has 5 rings (SSSR count). The highest BCUT2D eigenvalue weighted by Gasteiger charge is 2.56. The Morgan fingerprint density at radius 1 is 1.21 bits per heavy atom. The normalized spacial score (nSPS) is 30.5. The van der Waals surface area contributed by atoms with Crippen molar-refractivity contribution in [2.45, 2.75) is 88.3 Å². The van der Waals surface area contributed by atoms with Gasteiger partial charge in [-0.2, -0.15) is 11.8 Å². The van der Waals surface area contributed by atoms with Gasteiger partial charge >= 0.3 is 12.1 Å². The van der Waals surface area contributed by atoms with Gasteiger partial charge in [-0.3, -0.25) is 9.47 Å². The second-order valence-corrected chi connectivity index (χ2v) is 12.4. The van der Waals surface area contributed by atoms with E-state index in [0.717, 1.165) is 0 Å². The second-order valence-electron chi connectivity index (χ2n) is 11.1. The molecule has 3 saturated heterocycles. The van der Waals surface area contributed by atoms with E-state index in [4.69, 9.17) is 29.4 Å². The molecule has 13 nitrogen and oxygen atoms in total. The third-order valence-electron chi connectivity index (χ3n) is 6.65. The first-order valence-corrected chi connectivity index (χ1v) is 13.5. The minimum atomic E-state index is -0.790. The van der Waals surface area contributed by atoms with E-state index in [1.807, 2.05) is 13.8 Å². The van der Waals surface area contributed by atoms with E-state index in [1.54, 1.807) is 43.4 Å². The zero-order valence-corrected chi connectivity index (χ0v) is 23.1. The molecular formula is C24H34N6O7S. The van der Waals surface area contributed by atoms with Gasteiger partial charge in [0, 0.05) is 17.5 Å². The third-order valence-corrected chi connectivity index (χ3v) is 7.98. The van der Waals surface area contributed by atoms with Crippen LogP contribution in [0.25, 0.3) is 11.2 Å². The summed E-state index contributed by atoms with van der Waals surface area (Å²) < 4.78 is 31.2. The summed E-state index contributed by atoms with van der Waals surface area (Å²) in [4.78, 5) is 39.5. The van der Waals surface area contributed by atoms with E-state index in [1.165, 1.54) is 18.3 Å². The molecule has 38 heavy (non-hydrogen) atoms. The van der Waals surface area contributed by atoms with Gasteiger partial charge in [-0.15, -0.1) is 0 Å². The Morgan fingerprint density at radius 3 is 2.66 bits per heavy atom. The monoisotopic (exact) mass is 550 g/mol. The lowest BCUT2D eigenvalue weighted by atomic mass is 10.1. The molecule has 14 heteroatoms. The topological polar surface area (TPSA) is 153 Å². The minimum absolute atomic E-state index is 0.0235. The summed E-state index contributed by atoms with van der Waals surface area (Å²) in [5.41, 5.74) is 6.34. The molecule has 0 aliphatic carbocycles. The molecule has 0 bridgehead atoms. The number of likely N-dealkylation sites (tertiary alicyclic amines) is 1. The van der Waals surface area contributed by atoms with Crippen LogP contribution >= 0.6 is 11.8 Å². The maximum absolute atomic E-state index is 12.8. The van der Waals surface area contributed by atoms with Crippen LogP contribution in [0.15, 0.2) is 12.7 Å². The molecule has 3 aliphatic rings. The Balaban J connectivity index is 1.31. The van der Waals surface area contributed by atoms with E-state index in [0.29, 0.717) is 29.9 Å². The van der Waals surface area contributed by atoms with Crippen molar-refractivity contribution in [2.24, 2.45) is 0 Å². The number of fused-ring (bicyclic) bond motifs is 2. The van der Waals surface area contributed by atoms with Crippen molar-refractivity contribution in [3.63, 3.8) is 0 Å². The van der Waals surface area contributed by atoms with Gasteiger partial charge < -0.3 is 29.4 Å². The lowest BCUT2D eigenvalue weighted by Gasteiger charge is -2.27. The van der Waals surface area contributed by atoms with Crippen molar-refractivity contribution in [2.75, 3.05) is 25.1 Å². The summed E-state index contributed by atoms with van der Waals surface area (Å²) in [5, 5.41) is -0.0235. The van der Waals surface area contributed by atoms with Gasteiger partial charge in [-0.1, -0.05) is 0 Å². The average Bonchev–Trinajstić information content (AvgIpc) is 3.58. The first-order chi connectivity index (χ1) is 17.9. The number of anilines is 1. The Morgan fingerprint density at radius 2 is 1.95 bits per heavy atom. The molecule has 1 amide bonds. The maximum atomic E-state index is 12.8. The summed E-state index contributed by atoms with van der Waals surface area (Å²) in [6.45, 7) is 9.47. The van der Waals surface area contributed by atoms with E-state index in [-0.39, 0.29) is 23.3 Å². The van der Waals surface area contributed by atoms with Crippen molar-refractivity contribution in [3.8, 4) is 0 Å². The van der Waals surface area contributed by atoms with Crippen molar-refractivity contribution < 1.29 is 33.3 Å². The SMILES string of the molecule is COC(=O)C1CC(SC[C@H]2O[C@@H](n3cnc4c(N)ncnc43)[C@@H]3OC(C)(C)O[C@H]32)CN1C(=O)OC(C)(C)C. The molecule has 2 N–H and O–H groups in total. The number of nitrogen functional groups attached to an aromatic ring is 1. The van der Waals surface area contributed by atoms with Gasteiger partial charge in [0.25, 0.3) is 0 Å². The molecule has 0 saturated carbocycles. The van der Waals surface area contributed by atoms with Crippen LogP contribution in [0.1, 0.15) is 47.3 Å². The molecule has 2 unspecified atom stereocenters. The number of rotatable bonds is 5. The highest BCUT2D eigenvalue weighted by Crippen LogP contribution is 2.45. The van der Waals surface area contributed by atoms with E-state index < -0.39 is 41.8 Å². The van der Waals surface area contributed by atoms with Crippen LogP contribution < -0.4 is 5.73 Å². The number of nitrogens with two attached hydrogens (primary N) is 1. The molecule has 2 aromatic rings. The first-order valence-electron chi connectivity index (χ1n) is 12.5. The van der Waals surface area contributed by atoms with E-state index in [9.17, 15) is 9.59 Å². The van der Waals surface area contributed by atoms with Crippen LogP contribution in [-0.2, 0) is 28.5 Å². The van der Waals surface area contributed by atoms with Crippen LogP contribution in [0, 0.1) is 0 Å². The number of hydrogen-bond donors (Lipinski definition) is 1. The Bertz CT molecular complexity index is 1220. The number of methoxy groups -OCH3 is 1. The fourth-order valence-electron chi connectivity index (χ4n) is 5.10. The second kappa shape index (κ2) is 9.81. The van der Waals surface area contributed by atoms with Gasteiger partial charge in [-0.25, -0.2) is 24.5 Å². The molecular weight excluding hydrogens is 516 g/mol. The molecule has 0 radical (unpaired) electrons. The number of aromatic nitrogens is 4. The van der Waals surface area contributed by atoms with Gasteiger partial charge in [0.15, 0.2) is 23.5 Å². The summed E-state index contributed by atoms with van der Waals surface area (Å²) in [5.74, 6) is -0.405. The zero-order chi connectivity index (χ0) is 27.4. The van der Waals surface area contributed by atoms with Crippen molar-refractivity contribution in [1.29, 1.82) is 0 Å². The van der Waals surface area contributed by atoms with Crippen LogP contribution in [0.2, 0.25) is 0 Å². The largest absolute Gasteiger partial charge is 0.467 e. The van der Waals surface area contributed by atoms with Crippen LogP contribution in [0.5, 0.6) is 0 Å². The molecule has 6 atom stereocenters. The Kier molecular flexibility index (Phi) is 6.95. The number of thioether (sulfide) groups is 1. The minimum Gasteiger partial charge on any atom is -0.467 e. The molecule has 5 heterocycles. The molecule has 2 aromatic heterocycles. The lowest BCUT2D eigenvalue weighted by molar-refractivity contribution is -0.193. The quantitative estimate of drug-likeness (QED) is 0.542. The highest BCUT2D eigenvalue weighted by molar-refractivity contribution is 8.00. The summed E-state index contributed by atoms with van der Waals surface area (Å²) in [7, 11) is 1.32. The van der Waals surface area contributed by atoms with Crippen LogP contribution in [0.4, 0.5) is 10.6 Å². The van der Waals surface area contributed by atoms with Gasteiger partial charge in [0.1, 0.15) is 35.7 Å². The van der Waals surface area contributed by atoms with Crippen LogP contribution in [-0.4, -0.2) is 96.9 Å². The zero-order valence-electron chi connectivity index (χ0n) is 22.3. The smallest absolute Gasteiger partial charge is 0.411 e. The number of amides is 1. The predicted molar refractivity (Wildman–Crippen MR) is 137 cm³/mol. The standard InChI is InChI=1S/C24H34N6O7S/c1-23(2,3)37-22(32)29-8-12(7-13(29)21(31)33-6)38-9-14-16-17(36-24(4,5)35-16)20(34-14)30-11-28-15-18(25)26-10-27-19(15)30/h10-14,16-17,20H,7-9H2,1-6H3,(H2,25,26,27)/t12?,13?,14-,16+,17-,20-/m1/s1. The summed E-state index contributed by atoms with van der Waals surface area (Å²) in [6, 6.07) is -0.704. The number of esters is 1. The van der Waals surface area contributed by atoms with E-state index >= 15 is 0 Å². The third kappa shape index (κ3) is 5.14. The average molecular weight is 551 g/mol. The number of ether oxygens (including phenoxy) is 5. The van der Waals surface area contributed by atoms with Gasteiger partial charge in [0.05, 0.1) is 19.5 Å². The fourth-order valence-corrected chi connectivity index (χ4v) is 6.42. The number of carbonyl (C=O) groups excluding carboxylic acids is 2. The number of carbonyl (C=O) groups is 2. The predicted octanol–water partition coefficient (Wildman–Crippen LogP) is 2.11. The highest BCUT2D eigenvalue weighted by atomic mass is 32.2.